The lowest BCUT2D eigenvalue weighted by Gasteiger charge is -2.26. The number of imide groups is 1. The topological polar surface area (TPSA) is 96.0 Å². The fraction of sp³-hybridized carbons (Fsp3) is 0.167. The maximum atomic E-state index is 12.9. The summed E-state index contributed by atoms with van der Waals surface area (Å²) in [5.74, 6) is -1.68. The minimum absolute atomic E-state index is 0.224. The Kier molecular flexibility index (Phi) is 5.85. The Bertz CT molecular complexity index is 1190. The Morgan fingerprint density at radius 3 is 2.44 bits per heavy atom. The Morgan fingerprint density at radius 1 is 1.00 bits per heavy atom. The van der Waals surface area contributed by atoms with Crippen LogP contribution in [0.1, 0.15) is 13.3 Å². The van der Waals surface area contributed by atoms with Crippen LogP contribution in [0.4, 0.5) is 5.69 Å². The van der Waals surface area contributed by atoms with Crippen molar-refractivity contribution in [1.82, 2.24) is 10.4 Å². The zero-order chi connectivity index (χ0) is 22.7. The van der Waals surface area contributed by atoms with E-state index in [1.807, 2.05) is 36.4 Å². The van der Waals surface area contributed by atoms with E-state index in [0.717, 1.165) is 20.7 Å². The minimum atomic E-state index is -1.12. The van der Waals surface area contributed by atoms with Gasteiger partial charge in [-0.25, -0.2) is 9.91 Å². The molecule has 1 fully saturated rings. The number of rotatable bonds is 5. The van der Waals surface area contributed by atoms with Crippen molar-refractivity contribution in [2.24, 2.45) is 0 Å². The third-order valence-electron chi connectivity index (χ3n) is 5.14. The van der Waals surface area contributed by atoms with Crippen LogP contribution in [0.2, 0.25) is 0 Å². The van der Waals surface area contributed by atoms with Crippen molar-refractivity contribution in [2.45, 2.75) is 19.4 Å². The van der Waals surface area contributed by atoms with E-state index in [-0.39, 0.29) is 13.0 Å². The second-order valence-corrected chi connectivity index (χ2v) is 7.31. The summed E-state index contributed by atoms with van der Waals surface area (Å²) in [5.41, 5.74) is 2.84. The highest BCUT2D eigenvalue weighted by atomic mass is 16.5. The molecule has 0 radical (unpaired) electrons. The molecule has 0 bridgehead atoms. The number of anilines is 1. The second kappa shape index (κ2) is 8.89. The molecule has 1 saturated heterocycles. The molecule has 0 saturated carbocycles. The monoisotopic (exact) mass is 431 g/mol. The molecule has 1 aliphatic rings. The number of hydrazine groups is 1. The Morgan fingerprint density at radius 2 is 1.69 bits per heavy atom. The van der Waals surface area contributed by atoms with E-state index in [2.05, 4.69) is 5.43 Å². The van der Waals surface area contributed by atoms with Crippen LogP contribution >= 0.6 is 0 Å². The van der Waals surface area contributed by atoms with E-state index in [4.69, 9.17) is 4.74 Å². The van der Waals surface area contributed by atoms with Gasteiger partial charge >= 0.3 is 0 Å². The normalized spacial score (nSPS) is 15.7. The fourth-order valence-electron chi connectivity index (χ4n) is 3.67. The molecule has 1 N–H and O–H groups in total. The van der Waals surface area contributed by atoms with E-state index < -0.39 is 29.7 Å². The van der Waals surface area contributed by atoms with Gasteiger partial charge in [0.1, 0.15) is 11.8 Å². The van der Waals surface area contributed by atoms with Crippen molar-refractivity contribution in [1.29, 1.82) is 0 Å². The molecule has 4 rings (SSSR count). The number of hydrogen-bond donors (Lipinski definition) is 1. The van der Waals surface area contributed by atoms with Gasteiger partial charge in [-0.2, -0.15) is 0 Å². The number of amides is 4. The molecular formula is C24H21N3O5. The zero-order valence-corrected chi connectivity index (χ0v) is 17.4. The van der Waals surface area contributed by atoms with Gasteiger partial charge in [0.15, 0.2) is 6.61 Å². The Balaban J connectivity index is 1.45. The summed E-state index contributed by atoms with van der Waals surface area (Å²) >= 11 is 0. The predicted molar refractivity (Wildman–Crippen MR) is 117 cm³/mol. The number of nitrogens with zero attached hydrogens (tertiary/aromatic N) is 2. The summed E-state index contributed by atoms with van der Waals surface area (Å²) in [6.45, 7) is 0.851. The van der Waals surface area contributed by atoms with Crippen LogP contribution in [0.5, 0.6) is 5.75 Å². The summed E-state index contributed by atoms with van der Waals surface area (Å²) in [4.78, 5) is 51.1. The summed E-state index contributed by atoms with van der Waals surface area (Å²) in [7, 11) is 0. The number of ether oxygens (including phenoxy) is 1. The summed E-state index contributed by atoms with van der Waals surface area (Å²) in [6.07, 6.45) is -0.224. The van der Waals surface area contributed by atoms with Gasteiger partial charge in [-0.3, -0.25) is 24.6 Å². The summed E-state index contributed by atoms with van der Waals surface area (Å²) in [6, 6.07) is 20.4. The van der Waals surface area contributed by atoms with Crippen LogP contribution in [0, 0.1) is 0 Å². The molecule has 1 atom stereocenters. The molecule has 1 aliphatic heterocycles. The largest absolute Gasteiger partial charge is 0.483 e. The van der Waals surface area contributed by atoms with E-state index >= 15 is 0 Å². The molecule has 4 amide bonds. The third-order valence-corrected chi connectivity index (χ3v) is 5.14. The molecule has 8 nitrogen and oxygen atoms in total. The molecule has 0 aromatic heterocycles. The first-order valence-corrected chi connectivity index (χ1v) is 10.1. The number of para-hydroxylation sites is 1. The first-order valence-electron chi connectivity index (χ1n) is 10.1. The van der Waals surface area contributed by atoms with E-state index in [0.29, 0.717) is 11.4 Å². The fourth-order valence-corrected chi connectivity index (χ4v) is 3.67. The van der Waals surface area contributed by atoms with Crippen LogP contribution in [0.3, 0.4) is 0 Å². The lowest BCUT2D eigenvalue weighted by molar-refractivity contribution is -0.146. The highest BCUT2D eigenvalue weighted by Crippen LogP contribution is 2.26. The Hall–Kier alpha value is -4.20. The predicted octanol–water partition coefficient (Wildman–Crippen LogP) is 2.43. The van der Waals surface area contributed by atoms with E-state index in [9.17, 15) is 19.2 Å². The standard InChI is InChI=1S/C24H21N3O5/c1-16(28)27(20-14-23(30)26(24(20)31)18-10-3-2-4-11-18)25-22(29)15-32-21-13-7-9-17-8-5-6-12-19(17)21/h2-13,20H,14-15H2,1H3,(H,25,29). The van der Waals surface area contributed by atoms with Gasteiger partial charge in [-0.1, -0.05) is 54.6 Å². The van der Waals surface area contributed by atoms with Gasteiger partial charge in [0, 0.05) is 12.3 Å². The number of benzene rings is 3. The Labute approximate surface area is 184 Å². The van der Waals surface area contributed by atoms with Crippen molar-refractivity contribution in [3.8, 4) is 5.75 Å². The molecular weight excluding hydrogens is 410 g/mol. The lowest BCUT2D eigenvalue weighted by Crippen LogP contribution is -2.54. The van der Waals surface area contributed by atoms with Gasteiger partial charge in [-0.15, -0.1) is 0 Å². The number of carbonyl (C=O) groups excluding carboxylic acids is 4. The van der Waals surface area contributed by atoms with Crippen LogP contribution in [0.15, 0.2) is 72.8 Å². The SMILES string of the molecule is CC(=O)N(NC(=O)COc1cccc2ccccc12)C1CC(=O)N(c2ccccc2)C1=O. The molecule has 0 aliphatic carbocycles. The molecule has 1 heterocycles. The highest BCUT2D eigenvalue weighted by molar-refractivity contribution is 6.23. The van der Waals surface area contributed by atoms with Gasteiger partial charge in [0.05, 0.1) is 12.1 Å². The van der Waals surface area contributed by atoms with Crippen molar-refractivity contribution in [2.75, 3.05) is 11.5 Å². The molecule has 3 aromatic rings. The first-order chi connectivity index (χ1) is 15.5. The maximum absolute atomic E-state index is 12.9. The van der Waals surface area contributed by atoms with Crippen molar-refractivity contribution in [3.63, 3.8) is 0 Å². The van der Waals surface area contributed by atoms with Gasteiger partial charge in [-0.05, 0) is 23.6 Å². The van der Waals surface area contributed by atoms with Gasteiger partial charge in [0.25, 0.3) is 11.8 Å². The summed E-state index contributed by atoms with van der Waals surface area (Å²) in [5, 5.41) is 2.71. The van der Waals surface area contributed by atoms with Crippen LogP contribution < -0.4 is 15.1 Å². The average molecular weight is 431 g/mol. The molecule has 0 spiro atoms. The lowest BCUT2D eigenvalue weighted by atomic mass is 10.1. The second-order valence-electron chi connectivity index (χ2n) is 7.31. The van der Waals surface area contributed by atoms with Gasteiger partial charge < -0.3 is 4.74 Å². The van der Waals surface area contributed by atoms with Gasteiger partial charge in [0.2, 0.25) is 11.8 Å². The minimum Gasteiger partial charge on any atom is -0.483 e. The van der Waals surface area contributed by atoms with Crippen molar-refractivity contribution >= 4 is 40.1 Å². The van der Waals surface area contributed by atoms with Crippen LogP contribution in [-0.4, -0.2) is 41.3 Å². The average Bonchev–Trinajstić information content (AvgIpc) is 3.09. The van der Waals surface area contributed by atoms with Crippen molar-refractivity contribution < 1.29 is 23.9 Å². The molecule has 3 aromatic carbocycles. The highest BCUT2D eigenvalue weighted by Gasteiger charge is 2.44. The zero-order valence-electron chi connectivity index (χ0n) is 17.4. The molecule has 32 heavy (non-hydrogen) atoms. The molecule has 8 heteroatoms. The quantitative estimate of drug-likeness (QED) is 0.495. The number of fused-ring (bicyclic) bond motifs is 1. The first kappa shape index (κ1) is 21.0. The number of carbonyl (C=O) groups is 4. The van der Waals surface area contributed by atoms with Crippen molar-refractivity contribution in [3.05, 3.63) is 72.8 Å². The third kappa shape index (κ3) is 4.15. The summed E-state index contributed by atoms with van der Waals surface area (Å²) < 4.78 is 5.65. The van der Waals surface area contributed by atoms with Crippen LogP contribution in [0.25, 0.3) is 10.8 Å². The van der Waals surface area contributed by atoms with Crippen LogP contribution in [-0.2, 0) is 19.2 Å². The molecule has 1 unspecified atom stereocenters. The van der Waals surface area contributed by atoms with E-state index in [1.54, 1.807) is 36.4 Å². The number of hydrogen-bond acceptors (Lipinski definition) is 5. The number of nitrogens with one attached hydrogen (secondary N) is 1. The van der Waals surface area contributed by atoms with E-state index in [1.165, 1.54) is 6.92 Å². The smallest absolute Gasteiger partial charge is 0.276 e. The maximum Gasteiger partial charge on any atom is 0.276 e. The molecule has 162 valence electrons.